The minimum Gasteiger partial charge on any atom is -0.314 e. The lowest BCUT2D eigenvalue weighted by Crippen LogP contribution is -2.47. The molecule has 0 unspecified atom stereocenters. The van der Waals surface area contributed by atoms with Crippen LogP contribution >= 0.6 is 11.3 Å². The van der Waals surface area contributed by atoms with E-state index in [2.05, 4.69) is 5.32 Å². The molecular formula is C10H16N2O2S2. The van der Waals surface area contributed by atoms with Gasteiger partial charge in [-0.05, 0) is 17.9 Å². The monoisotopic (exact) mass is 260 g/mol. The van der Waals surface area contributed by atoms with E-state index in [1.54, 1.807) is 15.6 Å². The first-order chi connectivity index (χ1) is 7.68. The highest BCUT2D eigenvalue weighted by Gasteiger charge is 2.23. The van der Waals surface area contributed by atoms with Crippen molar-refractivity contribution in [2.24, 2.45) is 0 Å². The number of sulfonamides is 1. The summed E-state index contributed by atoms with van der Waals surface area (Å²) in [6.07, 6.45) is 0.629. The first kappa shape index (κ1) is 12.0. The number of aryl methyl sites for hydroxylation is 1. The van der Waals surface area contributed by atoms with Crippen molar-refractivity contribution in [1.29, 1.82) is 0 Å². The number of nitrogens with one attached hydrogen (secondary N) is 1. The molecule has 16 heavy (non-hydrogen) atoms. The predicted molar refractivity (Wildman–Crippen MR) is 66.3 cm³/mol. The molecule has 6 heteroatoms. The van der Waals surface area contributed by atoms with Crippen LogP contribution in [0.3, 0.4) is 0 Å². The lowest BCUT2D eigenvalue weighted by molar-refractivity contribution is 0.360. The average Bonchev–Trinajstić information content (AvgIpc) is 2.81. The highest BCUT2D eigenvalue weighted by molar-refractivity contribution is 7.89. The fourth-order valence-corrected chi connectivity index (χ4v) is 4.05. The van der Waals surface area contributed by atoms with Crippen molar-refractivity contribution in [3.8, 4) is 0 Å². The fourth-order valence-electron chi connectivity index (χ4n) is 1.74. The molecule has 0 spiro atoms. The Balaban J connectivity index is 1.91. The molecule has 1 saturated heterocycles. The van der Waals surface area contributed by atoms with E-state index in [1.807, 2.05) is 17.5 Å². The highest BCUT2D eigenvalue weighted by atomic mass is 32.2. The summed E-state index contributed by atoms with van der Waals surface area (Å²) in [6, 6.07) is 3.94. The Bertz CT molecular complexity index is 408. The third-order valence-electron chi connectivity index (χ3n) is 2.66. The van der Waals surface area contributed by atoms with Gasteiger partial charge in [-0.15, -0.1) is 11.3 Å². The summed E-state index contributed by atoms with van der Waals surface area (Å²) in [4.78, 5) is 1.14. The lowest BCUT2D eigenvalue weighted by Gasteiger charge is -2.26. The molecule has 1 aromatic heterocycles. The molecule has 0 bridgehead atoms. The summed E-state index contributed by atoms with van der Waals surface area (Å²) in [6.45, 7) is 2.73. The summed E-state index contributed by atoms with van der Waals surface area (Å²) < 4.78 is 25.6. The topological polar surface area (TPSA) is 49.4 Å². The van der Waals surface area contributed by atoms with Crippen LogP contribution in [0, 0.1) is 0 Å². The van der Waals surface area contributed by atoms with Crippen molar-refractivity contribution < 1.29 is 8.42 Å². The largest absolute Gasteiger partial charge is 0.314 e. The van der Waals surface area contributed by atoms with Crippen LogP contribution in [0.2, 0.25) is 0 Å². The predicted octanol–water partition coefficient (Wildman–Crippen LogP) is 0.526. The van der Waals surface area contributed by atoms with Gasteiger partial charge in [-0.3, -0.25) is 0 Å². The second-order valence-electron chi connectivity index (χ2n) is 3.79. The van der Waals surface area contributed by atoms with Crippen LogP contribution in [-0.2, 0) is 16.4 Å². The molecule has 1 N–H and O–H groups in total. The van der Waals surface area contributed by atoms with Crippen LogP contribution in [0.4, 0.5) is 0 Å². The Morgan fingerprint density at radius 1 is 1.38 bits per heavy atom. The summed E-state index contributed by atoms with van der Waals surface area (Å²) >= 11 is 1.61. The summed E-state index contributed by atoms with van der Waals surface area (Å²) in [5.41, 5.74) is 0. The Kier molecular flexibility index (Phi) is 3.96. The Morgan fingerprint density at radius 2 is 2.12 bits per heavy atom. The number of piperazine rings is 1. The molecule has 1 aliphatic rings. The maximum Gasteiger partial charge on any atom is 0.214 e. The number of rotatable bonds is 4. The van der Waals surface area contributed by atoms with Crippen molar-refractivity contribution in [2.75, 3.05) is 31.9 Å². The molecule has 0 saturated carbocycles. The molecule has 1 aliphatic heterocycles. The van der Waals surface area contributed by atoms with Crippen molar-refractivity contribution in [2.45, 2.75) is 6.42 Å². The third kappa shape index (κ3) is 3.04. The first-order valence-corrected chi connectivity index (χ1v) is 7.88. The van der Waals surface area contributed by atoms with Gasteiger partial charge in [-0.25, -0.2) is 8.42 Å². The van der Waals surface area contributed by atoms with Gasteiger partial charge in [-0.1, -0.05) is 6.07 Å². The molecule has 0 radical (unpaired) electrons. The molecule has 90 valence electrons. The first-order valence-electron chi connectivity index (χ1n) is 5.39. The van der Waals surface area contributed by atoms with E-state index < -0.39 is 10.0 Å². The van der Waals surface area contributed by atoms with E-state index in [1.165, 1.54) is 0 Å². The molecule has 2 rings (SSSR count). The van der Waals surface area contributed by atoms with Gasteiger partial charge >= 0.3 is 0 Å². The van der Waals surface area contributed by atoms with Crippen molar-refractivity contribution in [3.05, 3.63) is 22.4 Å². The fraction of sp³-hybridized carbons (Fsp3) is 0.600. The molecule has 0 amide bonds. The van der Waals surface area contributed by atoms with Crippen molar-refractivity contribution in [1.82, 2.24) is 9.62 Å². The molecule has 0 aliphatic carbocycles. The van der Waals surface area contributed by atoms with E-state index in [-0.39, 0.29) is 5.75 Å². The summed E-state index contributed by atoms with van der Waals surface area (Å²) in [5, 5.41) is 5.13. The van der Waals surface area contributed by atoms with Crippen LogP contribution in [0.1, 0.15) is 4.88 Å². The zero-order chi connectivity index (χ0) is 11.4. The van der Waals surface area contributed by atoms with E-state index in [4.69, 9.17) is 0 Å². The number of thiophene rings is 1. The van der Waals surface area contributed by atoms with Gasteiger partial charge in [0.1, 0.15) is 0 Å². The minimum absolute atomic E-state index is 0.230. The van der Waals surface area contributed by atoms with Gasteiger partial charge in [0, 0.05) is 31.1 Å². The summed E-state index contributed by atoms with van der Waals surface area (Å²) in [7, 11) is -3.06. The maximum atomic E-state index is 12.0. The molecule has 1 fully saturated rings. The van der Waals surface area contributed by atoms with Crippen LogP contribution in [0.5, 0.6) is 0 Å². The maximum absolute atomic E-state index is 12.0. The van der Waals surface area contributed by atoms with Crippen LogP contribution in [-0.4, -0.2) is 44.7 Å². The Morgan fingerprint density at radius 3 is 2.75 bits per heavy atom. The quantitative estimate of drug-likeness (QED) is 0.859. The van der Waals surface area contributed by atoms with Crippen molar-refractivity contribution >= 4 is 21.4 Å². The van der Waals surface area contributed by atoms with Gasteiger partial charge in [0.25, 0.3) is 0 Å². The molecule has 4 nitrogen and oxygen atoms in total. The second kappa shape index (κ2) is 5.27. The van der Waals surface area contributed by atoms with Gasteiger partial charge in [0.2, 0.25) is 10.0 Å². The number of hydrogen-bond donors (Lipinski definition) is 1. The molecular weight excluding hydrogens is 244 g/mol. The average molecular weight is 260 g/mol. The van der Waals surface area contributed by atoms with E-state index in [9.17, 15) is 8.42 Å². The molecule has 0 aromatic carbocycles. The van der Waals surface area contributed by atoms with Gasteiger partial charge < -0.3 is 5.32 Å². The highest BCUT2D eigenvalue weighted by Crippen LogP contribution is 2.12. The Labute approximate surface area is 100 Å². The number of nitrogens with zero attached hydrogens (tertiary/aromatic N) is 1. The normalized spacial score (nSPS) is 18.8. The minimum atomic E-state index is -3.06. The van der Waals surface area contributed by atoms with Gasteiger partial charge in [-0.2, -0.15) is 4.31 Å². The standard InChI is InChI=1S/C10H16N2O2S2/c13-16(14,12-6-4-11-5-7-12)9-3-10-2-1-8-15-10/h1-2,8,11H,3-7,9H2. The smallest absolute Gasteiger partial charge is 0.214 e. The number of hydrogen-bond acceptors (Lipinski definition) is 4. The summed E-state index contributed by atoms with van der Waals surface area (Å²) in [5.74, 6) is 0.230. The van der Waals surface area contributed by atoms with Gasteiger partial charge in [0.05, 0.1) is 5.75 Å². The van der Waals surface area contributed by atoms with Crippen LogP contribution in [0.25, 0.3) is 0 Å². The van der Waals surface area contributed by atoms with Gasteiger partial charge in [0.15, 0.2) is 0 Å². The van der Waals surface area contributed by atoms with Crippen molar-refractivity contribution in [3.63, 3.8) is 0 Å². The second-order valence-corrected chi connectivity index (χ2v) is 6.92. The third-order valence-corrected chi connectivity index (χ3v) is 5.46. The van der Waals surface area contributed by atoms with Crippen LogP contribution in [0.15, 0.2) is 17.5 Å². The SMILES string of the molecule is O=S(=O)(CCc1cccs1)N1CCNCC1. The Hall–Kier alpha value is -0.430. The molecule has 0 atom stereocenters. The molecule has 1 aromatic rings. The zero-order valence-corrected chi connectivity index (χ0v) is 10.7. The molecule has 2 heterocycles. The van der Waals surface area contributed by atoms with E-state index >= 15 is 0 Å². The van der Waals surface area contributed by atoms with E-state index in [0.717, 1.165) is 18.0 Å². The van der Waals surface area contributed by atoms with E-state index in [0.29, 0.717) is 19.5 Å². The lowest BCUT2D eigenvalue weighted by atomic mass is 10.4. The van der Waals surface area contributed by atoms with Crippen LogP contribution < -0.4 is 5.32 Å². The zero-order valence-electron chi connectivity index (χ0n) is 9.05.